The molecule has 2 saturated carbocycles. The van der Waals surface area contributed by atoms with E-state index in [4.69, 9.17) is 4.74 Å². The van der Waals surface area contributed by atoms with Crippen molar-refractivity contribution in [2.75, 3.05) is 38.2 Å². The molecular weight excluding hydrogens is 429 g/mol. The molecule has 1 aromatic carbocycles. The first-order valence-electron chi connectivity index (χ1n) is 12.0. The third-order valence-corrected chi connectivity index (χ3v) is 8.44. The van der Waals surface area contributed by atoms with Crippen molar-refractivity contribution >= 4 is 5.82 Å². The van der Waals surface area contributed by atoms with E-state index in [1.165, 1.54) is 38.9 Å². The summed E-state index contributed by atoms with van der Waals surface area (Å²) < 4.78 is 46.5. The van der Waals surface area contributed by atoms with Gasteiger partial charge in [0.05, 0.1) is 5.69 Å². The SMILES string of the molecule is Fc1cc(F)c(F)c(-c2ccc(N[C@H]3C[C@@H]4CN(C[C@@H]5CC56CCOCC6)C[C@@H]4C3)nn2)c1. The van der Waals surface area contributed by atoms with Crippen molar-refractivity contribution in [1.82, 2.24) is 15.1 Å². The lowest BCUT2D eigenvalue weighted by molar-refractivity contribution is 0.0497. The Morgan fingerprint density at radius 2 is 1.79 bits per heavy atom. The average molecular weight is 459 g/mol. The van der Waals surface area contributed by atoms with Crippen molar-refractivity contribution in [2.45, 2.75) is 38.1 Å². The van der Waals surface area contributed by atoms with Crippen molar-refractivity contribution in [1.29, 1.82) is 0 Å². The molecule has 6 rings (SSSR count). The molecule has 2 aliphatic heterocycles. The fraction of sp³-hybridized carbons (Fsp3) is 0.600. The number of rotatable bonds is 5. The smallest absolute Gasteiger partial charge is 0.168 e. The standard InChI is InChI=1S/C25H29F3N4O/c26-18-9-20(24(28)21(27)10-18)22-1-2-23(31-30-22)29-19-7-15-12-32(13-16(15)8-19)14-17-11-25(17)3-5-33-6-4-25/h1-2,9-10,15-17,19H,3-8,11-14H2,(H,29,31)/t15-,16+,17-,19+/m0/s1. The quantitative estimate of drug-likeness (QED) is 0.669. The van der Waals surface area contributed by atoms with Gasteiger partial charge in [0, 0.05) is 50.5 Å². The first kappa shape index (κ1) is 21.4. The summed E-state index contributed by atoms with van der Waals surface area (Å²) in [5.41, 5.74) is 0.475. The molecule has 8 heteroatoms. The zero-order valence-electron chi connectivity index (χ0n) is 18.6. The van der Waals surface area contributed by atoms with Crippen LogP contribution in [0.2, 0.25) is 0 Å². The van der Waals surface area contributed by atoms with Gasteiger partial charge in [0.15, 0.2) is 11.6 Å². The number of anilines is 1. The highest BCUT2D eigenvalue weighted by molar-refractivity contribution is 5.60. The Labute approximate surface area is 191 Å². The van der Waals surface area contributed by atoms with Crippen LogP contribution in [0, 0.1) is 40.6 Å². The molecule has 3 heterocycles. The van der Waals surface area contributed by atoms with Crippen LogP contribution in [-0.4, -0.2) is 54.0 Å². The van der Waals surface area contributed by atoms with Gasteiger partial charge in [-0.15, -0.1) is 10.2 Å². The van der Waals surface area contributed by atoms with Gasteiger partial charge in [-0.1, -0.05) is 0 Å². The Morgan fingerprint density at radius 3 is 2.48 bits per heavy atom. The van der Waals surface area contributed by atoms with Crippen LogP contribution in [0.4, 0.5) is 19.0 Å². The Hall–Kier alpha value is -2.19. The third-order valence-electron chi connectivity index (χ3n) is 8.44. The lowest BCUT2D eigenvalue weighted by Crippen LogP contribution is -2.29. The van der Waals surface area contributed by atoms with Crippen LogP contribution in [0.25, 0.3) is 11.3 Å². The van der Waals surface area contributed by atoms with Gasteiger partial charge in [-0.3, -0.25) is 0 Å². The zero-order valence-corrected chi connectivity index (χ0v) is 18.6. The van der Waals surface area contributed by atoms with Gasteiger partial charge in [0.25, 0.3) is 0 Å². The molecule has 2 aromatic rings. The second-order valence-electron chi connectivity index (χ2n) is 10.5. The fourth-order valence-corrected chi connectivity index (χ4v) is 6.56. The maximum atomic E-state index is 14.0. The lowest BCUT2D eigenvalue weighted by atomic mass is 9.94. The van der Waals surface area contributed by atoms with Gasteiger partial charge >= 0.3 is 0 Å². The predicted molar refractivity (Wildman–Crippen MR) is 118 cm³/mol. The molecule has 1 N–H and O–H groups in total. The minimum atomic E-state index is -1.23. The van der Waals surface area contributed by atoms with Crippen LogP contribution in [0.3, 0.4) is 0 Å². The molecule has 33 heavy (non-hydrogen) atoms. The molecule has 4 atom stereocenters. The average Bonchev–Trinajstić information content (AvgIpc) is 3.10. The van der Waals surface area contributed by atoms with Crippen LogP contribution in [-0.2, 0) is 4.74 Å². The van der Waals surface area contributed by atoms with Gasteiger partial charge < -0.3 is 15.0 Å². The highest BCUT2D eigenvalue weighted by Gasteiger charge is 2.55. The monoisotopic (exact) mass is 458 g/mol. The van der Waals surface area contributed by atoms with Crippen LogP contribution in [0.15, 0.2) is 24.3 Å². The van der Waals surface area contributed by atoms with E-state index in [1.54, 1.807) is 12.1 Å². The molecule has 5 nitrogen and oxygen atoms in total. The molecule has 2 saturated heterocycles. The van der Waals surface area contributed by atoms with Crippen LogP contribution in [0.1, 0.15) is 32.1 Å². The summed E-state index contributed by atoms with van der Waals surface area (Å²) in [5, 5.41) is 11.6. The molecule has 4 fully saturated rings. The molecular formula is C25H29F3N4O. The van der Waals surface area contributed by atoms with E-state index in [9.17, 15) is 13.2 Å². The summed E-state index contributed by atoms with van der Waals surface area (Å²) in [6.07, 6.45) is 6.08. The third kappa shape index (κ3) is 4.12. The second-order valence-corrected chi connectivity index (χ2v) is 10.5. The van der Waals surface area contributed by atoms with E-state index >= 15 is 0 Å². The number of nitrogens with one attached hydrogen (secondary N) is 1. The van der Waals surface area contributed by atoms with Crippen molar-refractivity contribution in [2.24, 2.45) is 23.2 Å². The largest absolute Gasteiger partial charge is 0.381 e. The maximum absolute atomic E-state index is 14.0. The molecule has 2 aliphatic carbocycles. The van der Waals surface area contributed by atoms with Crippen molar-refractivity contribution in [3.8, 4) is 11.3 Å². The minimum Gasteiger partial charge on any atom is -0.381 e. The van der Waals surface area contributed by atoms with Crippen molar-refractivity contribution in [3.05, 3.63) is 41.7 Å². The number of benzene rings is 1. The summed E-state index contributed by atoms with van der Waals surface area (Å²) in [7, 11) is 0. The van der Waals surface area contributed by atoms with Gasteiger partial charge in [0.2, 0.25) is 0 Å². The number of fused-ring (bicyclic) bond motifs is 1. The topological polar surface area (TPSA) is 50.3 Å². The number of hydrogen-bond donors (Lipinski definition) is 1. The summed E-state index contributed by atoms with van der Waals surface area (Å²) in [6.45, 7) is 5.48. The highest BCUT2D eigenvalue weighted by atomic mass is 19.2. The van der Waals surface area contributed by atoms with Crippen LogP contribution < -0.4 is 5.32 Å². The normalized spacial score (nSPS) is 30.5. The molecule has 176 valence electrons. The number of halogens is 3. The number of aromatic nitrogens is 2. The Balaban J connectivity index is 1.02. The molecule has 1 spiro atoms. The van der Waals surface area contributed by atoms with Gasteiger partial charge in [-0.25, -0.2) is 13.2 Å². The summed E-state index contributed by atoms with van der Waals surface area (Å²) >= 11 is 0. The van der Waals surface area contributed by atoms with E-state index < -0.39 is 17.5 Å². The number of nitrogens with zero attached hydrogens (tertiary/aromatic N) is 3. The molecule has 0 unspecified atom stereocenters. The van der Waals surface area contributed by atoms with E-state index in [0.717, 1.165) is 38.0 Å². The van der Waals surface area contributed by atoms with Crippen molar-refractivity contribution in [3.63, 3.8) is 0 Å². The Morgan fingerprint density at radius 1 is 1.03 bits per heavy atom. The number of ether oxygens (including phenoxy) is 1. The summed E-state index contributed by atoms with van der Waals surface area (Å²) in [6, 6.07) is 5.05. The van der Waals surface area contributed by atoms with Crippen LogP contribution >= 0.6 is 0 Å². The second kappa shape index (κ2) is 8.24. The van der Waals surface area contributed by atoms with E-state index in [-0.39, 0.29) is 11.3 Å². The highest BCUT2D eigenvalue weighted by Crippen LogP contribution is 2.59. The van der Waals surface area contributed by atoms with Gasteiger partial charge in [-0.05, 0) is 73.5 Å². The lowest BCUT2D eigenvalue weighted by Gasteiger charge is -2.25. The maximum Gasteiger partial charge on any atom is 0.168 e. The van der Waals surface area contributed by atoms with Gasteiger partial charge in [0.1, 0.15) is 11.6 Å². The van der Waals surface area contributed by atoms with Crippen molar-refractivity contribution < 1.29 is 17.9 Å². The van der Waals surface area contributed by atoms with E-state index in [0.29, 0.717) is 35.2 Å². The Kier molecular flexibility index (Phi) is 5.33. The first-order chi connectivity index (χ1) is 16.0. The minimum absolute atomic E-state index is 0.109. The number of hydrogen-bond acceptors (Lipinski definition) is 5. The van der Waals surface area contributed by atoms with E-state index in [1.807, 2.05) is 0 Å². The molecule has 0 amide bonds. The fourth-order valence-electron chi connectivity index (χ4n) is 6.56. The molecule has 0 radical (unpaired) electrons. The molecule has 1 aromatic heterocycles. The Bertz CT molecular complexity index is 1010. The molecule has 4 aliphatic rings. The first-order valence-corrected chi connectivity index (χ1v) is 12.0. The van der Waals surface area contributed by atoms with Crippen LogP contribution in [0.5, 0.6) is 0 Å². The molecule has 0 bridgehead atoms. The van der Waals surface area contributed by atoms with E-state index in [2.05, 4.69) is 20.4 Å². The van der Waals surface area contributed by atoms with Gasteiger partial charge in [-0.2, -0.15) is 0 Å². The summed E-state index contributed by atoms with van der Waals surface area (Å²) in [4.78, 5) is 2.68. The summed E-state index contributed by atoms with van der Waals surface area (Å²) in [5.74, 6) is -0.300. The zero-order chi connectivity index (χ0) is 22.6. The number of likely N-dealkylation sites (tertiary alicyclic amines) is 1. The predicted octanol–water partition coefficient (Wildman–Crippen LogP) is 4.50.